The lowest BCUT2D eigenvalue weighted by Crippen LogP contribution is -2.28. The number of hydrogen-bond donors (Lipinski definition) is 1. The van der Waals surface area contributed by atoms with Gasteiger partial charge >= 0.3 is 5.92 Å². The molecule has 0 bridgehead atoms. The zero-order valence-corrected chi connectivity index (χ0v) is 20.3. The van der Waals surface area contributed by atoms with E-state index in [-0.39, 0.29) is 28.1 Å². The molecule has 9 nitrogen and oxygen atoms in total. The van der Waals surface area contributed by atoms with E-state index in [1.165, 1.54) is 22.8 Å². The maximum Gasteiger partial charge on any atom is 0.333 e. The van der Waals surface area contributed by atoms with Crippen LogP contribution in [0.15, 0.2) is 55.0 Å². The Morgan fingerprint density at radius 1 is 1.16 bits per heavy atom. The summed E-state index contributed by atoms with van der Waals surface area (Å²) in [6, 6.07) is 8.74. The van der Waals surface area contributed by atoms with E-state index in [4.69, 9.17) is 11.6 Å². The fourth-order valence-electron chi connectivity index (χ4n) is 4.52. The molecule has 0 saturated carbocycles. The van der Waals surface area contributed by atoms with Crippen LogP contribution < -0.4 is 5.32 Å². The summed E-state index contributed by atoms with van der Waals surface area (Å²) in [4.78, 5) is 8.35. The molecule has 1 aliphatic heterocycles. The molecule has 4 aromatic heterocycles. The van der Waals surface area contributed by atoms with Crippen molar-refractivity contribution in [2.45, 2.75) is 25.4 Å². The normalized spacial score (nSPS) is 14.9. The van der Waals surface area contributed by atoms with E-state index in [0.717, 1.165) is 6.20 Å². The number of aromatic nitrogens is 8. The second-order valence-electron chi connectivity index (χ2n) is 8.74. The molecule has 5 aromatic rings. The predicted molar refractivity (Wildman–Crippen MR) is 130 cm³/mol. The molecule has 0 spiro atoms. The fourth-order valence-corrected chi connectivity index (χ4v) is 4.77. The van der Waals surface area contributed by atoms with Gasteiger partial charge in [-0.15, -0.1) is 10.2 Å². The van der Waals surface area contributed by atoms with Crippen LogP contribution in [0.5, 0.6) is 0 Å². The number of benzene rings is 1. The summed E-state index contributed by atoms with van der Waals surface area (Å²) in [7, 11) is 1.75. The molecule has 0 amide bonds. The Hall–Kier alpha value is -4.19. The fraction of sp³-hybridized carbons (Fsp3) is 0.208. The molecule has 0 saturated heterocycles. The number of hydrogen-bond acceptors (Lipinski definition) is 6. The molecule has 0 aliphatic carbocycles. The average Bonchev–Trinajstić information content (AvgIpc) is 3.59. The van der Waals surface area contributed by atoms with Crippen LogP contribution in [0.1, 0.15) is 24.4 Å². The van der Waals surface area contributed by atoms with Gasteiger partial charge in [0.2, 0.25) is 11.8 Å². The van der Waals surface area contributed by atoms with Crippen molar-refractivity contribution < 1.29 is 13.2 Å². The minimum absolute atomic E-state index is 0.0573. The summed E-state index contributed by atoms with van der Waals surface area (Å²) >= 11 is 6.08. The Morgan fingerprint density at radius 3 is 2.73 bits per heavy atom. The van der Waals surface area contributed by atoms with E-state index in [2.05, 4.69) is 30.6 Å². The van der Waals surface area contributed by atoms with E-state index in [1.54, 1.807) is 49.2 Å². The molecular weight excluding hydrogens is 507 g/mol. The van der Waals surface area contributed by atoms with Crippen molar-refractivity contribution in [3.63, 3.8) is 0 Å². The molecule has 5 heterocycles. The van der Waals surface area contributed by atoms with Crippen LogP contribution >= 0.6 is 11.6 Å². The summed E-state index contributed by atoms with van der Waals surface area (Å²) < 4.78 is 50.8. The Labute approximate surface area is 213 Å². The van der Waals surface area contributed by atoms with Crippen LogP contribution in [0.2, 0.25) is 5.02 Å². The second-order valence-corrected chi connectivity index (χ2v) is 9.15. The average molecular weight is 526 g/mol. The van der Waals surface area contributed by atoms with Gasteiger partial charge in [-0.2, -0.15) is 13.9 Å². The first-order valence-electron chi connectivity index (χ1n) is 11.3. The highest BCUT2D eigenvalue weighted by Gasteiger charge is 2.44. The van der Waals surface area contributed by atoms with Crippen LogP contribution in [-0.2, 0) is 19.5 Å². The topological polar surface area (TPSA) is 91.3 Å². The monoisotopic (exact) mass is 525 g/mol. The maximum atomic E-state index is 15.6. The van der Waals surface area contributed by atoms with Crippen molar-refractivity contribution in [1.82, 2.24) is 39.1 Å². The highest BCUT2D eigenvalue weighted by Crippen LogP contribution is 2.43. The number of nitrogens with one attached hydrogen (secondary N) is 1. The number of alkyl halides is 2. The Balaban J connectivity index is 1.40. The third kappa shape index (κ3) is 3.75. The van der Waals surface area contributed by atoms with Crippen molar-refractivity contribution >= 4 is 23.4 Å². The van der Waals surface area contributed by atoms with Gasteiger partial charge in [-0.25, -0.2) is 14.4 Å². The largest absolute Gasteiger partial charge is 0.342 e. The zero-order chi connectivity index (χ0) is 25.9. The van der Waals surface area contributed by atoms with Gasteiger partial charge in [0, 0.05) is 37.0 Å². The number of anilines is 2. The van der Waals surface area contributed by atoms with Gasteiger partial charge in [-0.1, -0.05) is 29.8 Å². The lowest BCUT2D eigenvalue weighted by molar-refractivity contribution is 0.0269. The molecule has 0 radical (unpaired) electrons. The van der Waals surface area contributed by atoms with Gasteiger partial charge in [0.05, 0.1) is 29.2 Å². The molecule has 0 fully saturated rings. The van der Waals surface area contributed by atoms with E-state index < -0.39 is 23.6 Å². The molecule has 1 aromatic carbocycles. The van der Waals surface area contributed by atoms with Gasteiger partial charge in [0.25, 0.3) is 0 Å². The van der Waals surface area contributed by atoms with Crippen molar-refractivity contribution in [2.24, 2.45) is 7.05 Å². The molecule has 1 aliphatic rings. The Morgan fingerprint density at radius 2 is 1.97 bits per heavy atom. The lowest BCUT2D eigenvalue weighted by atomic mass is 10.1. The Bertz CT molecular complexity index is 1640. The number of halogens is 4. The van der Waals surface area contributed by atoms with E-state index in [1.807, 2.05) is 4.57 Å². The van der Waals surface area contributed by atoms with Gasteiger partial charge < -0.3 is 9.88 Å². The summed E-state index contributed by atoms with van der Waals surface area (Å²) in [5, 5.41) is 15.0. The van der Waals surface area contributed by atoms with E-state index >= 15 is 8.78 Å². The van der Waals surface area contributed by atoms with Crippen molar-refractivity contribution in [3.05, 3.63) is 77.2 Å². The highest BCUT2D eigenvalue weighted by atomic mass is 35.5. The first-order valence-corrected chi connectivity index (χ1v) is 11.7. The summed E-state index contributed by atoms with van der Waals surface area (Å²) in [5.74, 6) is -3.55. The SMILES string of the molecule is C[C@H]1Cn2cc(-c3nc(Nc4ccnn4C)ncc3F)cc2-c2nnc(C(F)(F)c3ccccc3Cl)n21. The van der Waals surface area contributed by atoms with Gasteiger partial charge in [0.15, 0.2) is 11.6 Å². The number of rotatable bonds is 5. The van der Waals surface area contributed by atoms with Crippen LogP contribution in [0.3, 0.4) is 0 Å². The first kappa shape index (κ1) is 23.2. The summed E-state index contributed by atoms with van der Waals surface area (Å²) in [6.07, 6.45) is 4.40. The number of aryl methyl sites for hydroxylation is 1. The van der Waals surface area contributed by atoms with Crippen LogP contribution in [0.25, 0.3) is 22.8 Å². The van der Waals surface area contributed by atoms with Crippen molar-refractivity contribution in [3.8, 4) is 22.8 Å². The minimum Gasteiger partial charge on any atom is -0.342 e. The van der Waals surface area contributed by atoms with Crippen molar-refractivity contribution in [2.75, 3.05) is 5.32 Å². The molecule has 37 heavy (non-hydrogen) atoms. The van der Waals surface area contributed by atoms with Gasteiger partial charge in [-0.3, -0.25) is 9.25 Å². The van der Waals surface area contributed by atoms with Crippen molar-refractivity contribution in [1.29, 1.82) is 0 Å². The van der Waals surface area contributed by atoms with E-state index in [9.17, 15) is 4.39 Å². The number of nitrogens with zero attached hydrogens (tertiary/aromatic N) is 8. The first-order chi connectivity index (χ1) is 17.7. The zero-order valence-electron chi connectivity index (χ0n) is 19.6. The van der Waals surface area contributed by atoms with E-state index in [0.29, 0.717) is 23.6 Å². The maximum absolute atomic E-state index is 15.6. The van der Waals surface area contributed by atoms with Crippen LogP contribution in [-0.4, -0.2) is 39.1 Å². The minimum atomic E-state index is -3.47. The summed E-state index contributed by atoms with van der Waals surface area (Å²) in [5.41, 5.74) is 0.672. The third-order valence-corrected chi connectivity index (χ3v) is 6.62. The predicted octanol–water partition coefficient (Wildman–Crippen LogP) is 5.19. The molecule has 0 unspecified atom stereocenters. The standard InChI is InChI=1S/C24H19ClF3N9/c1-13-11-36-12-14(20-17(26)10-29-23(32-20)31-19-7-8-30-35(19)2)9-18(36)21-33-34-22(37(13)21)24(27,28)15-5-3-4-6-16(15)25/h3-10,12-13H,11H2,1-2H3,(H,29,31,32)/t13-/m0/s1. The molecule has 1 N–H and O–H groups in total. The van der Waals surface area contributed by atoms with Crippen LogP contribution in [0.4, 0.5) is 24.9 Å². The molecule has 13 heteroatoms. The third-order valence-electron chi connectivity index (χ3n) is 6.29. The molecule has 6 rings (SSSR count). The lowest BCUT2D eigenvalue weighted by Gasteiger charge is -2.27. The Kier molecular flexibility index (Phi) is 5.30. The highest BCUT2D eigenvalue weighted by molar-refractivity contribution is 6.31. The second kappa shape index (κ2) is 8.44. The molecule has 188 valence electrons. The number of fused-ring (bicyclic) bond motifs is 3. The molecular formula is C24H19ClF3N9. The van der Waals surface area contributed by atoms with Gasteiger partial charge in [-0.05, 0) is 19.1 Å². The molecule has 1 atom stereocenters. The summed E-state index contributed by atoms with van der Waals surface area (Å²) in [6.45, 7) is 2.14. The quantitative estimate of drug-likeness (QED) is 0.340. The van der Waals surface area contributed by atoms with Gasteiger partial charge in [0.1, 0.15) is 11.5 Å². The smallest absolute Gasteiger partial charge is 0.333 e. The van der Waals surface area contributed by atoms with Crippen LogP contribution in [0, 0.1) is 5.82 Å².